The largest absolute Gasteiger partial charge is 0.494 e. The molecule has 0 radical (unpaired) electrons. The molecule has 1 N–H and O–H groups in total. The van der Waals surface area contributed by atoms with E-state index in [2.05, 4.69) is 32.6 Å². The van der Waals surface area contributed by atoms with Crippen molar-refractivity contribution in [2.75, 3.05) is 19.7 Å². The number of ether oxygens (including phenoxy) is 1. The Hall–Kier alpha value is -1.55. The molecule has 4 heteroatoms. The fourth-order valence-electron chi connectivity index (χ4n) is 2.18. The Kier molecular flexibility index (Phi) is 7.23. The second kappa shape index (κ2) is 8.67. The van der Waals surface area contributed by atoms with Gasteiger partial charge in [-0.25, -0.2) is 4.79 Å². The fraction of sp³-hybridized carbons (Fsp3) is 0.588. The van der Waals surface area contributed by atoms with Gasteiger partial charge in [0.05, 0.1) is 12.2 Å². The maximum Gasteiger partial charge on any atom is 0.335 e. The molecule has 0 heterocycles. The van der Waals surface area contributed by atoms with Gasteiger partial charge in [0.1, 0.15) is 5.75 Å². The van der Waals surface area contributed by atoms with Crippen LogP contribution in [0.4, 0.5) is 0 Å². The number of rotatable bonds is 9. The van der Waals surface area contributed by atoms with Gasteiger partial charge in [-0.15, -0.1) is 0 Å². The third-order valence-corrected chi connectivity index (χ3v) is 3.29. The van der Waals surface area contributed by atoms with E-state index in [-0.39, 0.29) is 5.56 Å². The quantitative estimate of drug-likeness (QED) is 0.708. The zero-order valence-corrected chi connectivity index (χ0v) is 13.5. The first-order chi connectivity index (χ1) is 9.90. The lowest BCUT2D eigenvalue weighted by atomic mass is 10.1. The van der Waals surface area contributed by atoms with Gasteiger partial charge >= 0.3 is 5.97 Å². The normalized spacial score (nSPS) is 11.4. The first-order valence-electron chi connectivity index (χ1n) is 7.60. The van der Waals surface area contributed by atoms with Crippen molar-refractivity contribution >= 4 is 5.97 Å². The van der Waals surface area contributed by atoms with Crippen molar-refractivity contribution in [3.8, 4) is 5.75 Å². The predicted molar refractivity (Wildman–Crippen MR) is 85.1 cm³/mol. The summed E-state index contributed by atoms with van der Waals surface area (Å²) in [5.41, 5.74) is 0.283. The second-order valence-corrected chi connectivity index (χ2v) is 6.01. The van der Waals surface area contributed by atoms with Crippen LogP contribution in [-0.4, -0.2) is 41.7 Å². The lowest BCUT2D eigenvalue weighted by Gasteiger charge is -2.28. The summed E-state index contributed by atoms with van der Waals surface area (Å²) in [6, 6.07) is 7.09. The smallest absolute Gasteiger partial charge is 0.335 e. The Morgan fingerprint density at radius 2 is 1.81 bits per heavy atom. The number of carbonyl (C=O) groups is 1. The molecular weight excluding hydrogens is 266 g/mol. The summed E-state index contributed by atoms with van der Waals surface area (Å²) in [5.74, 6) is 0.472. The molecule has 0 aromatic heterocycles. The van der Waals surface area contributed by atoms with Crippen LogP contribution in [0.2, 0.25) is 0 Å². The van der Waals surface area contributed by atoms with E-state index in [9.17, 15) is 4.79 Å². The highest BCUT2D eigenvalue weighted by molar-refractivity contribution is 5.87. The first-order valence-corrected chi connectivity index (χ1v) is 7.60. The average molecular weight is 293 g/mol. The fourth-order valence-corrected chi connectivity index (χ4v) is 2.18. The van der Waals surface area contributed by atoms with Crippen LogP contribution in [0.5, 0.6) is 5.75 Å². The van der Waals surface area contributed by atoms with E-state index in [0.29, 0.717) is 18.6 Å². The van der Waals surface area contributed by atoms with E-state index in [1.165, 1.54) is 0 Å². The Morgan fingerprint density at radius 1 is 1.19 bits per heavy atom. The van der Waals surface area contributed by atoms with Gasteiger partial charge in [-0.3, -0.25) is 0 Å². The minimum absolute atomic E-state index is 0.283. The van der Waals surface area contributed by atoms with E-state index >= 15 is 0 Å². The summed E-state index contributed by atoms with van der Waals surface area (Å²) in [4.78, 5) is 13.2. The molecule has 0 fully saturated rings. The van der Waals surface area contributed by atoms with Gasteiger partial charge in [0.25, 0.3) is 0 Å². The maximum atomic E-state index is 10.8. The molecule has 0 bridgehead atoms. The maximum absolute atomic E-state index is 10.8. The molecule has 0 saturated carbocycles. The summed E-state index contributed by atoms with van der Waals surface area (Å²) in [7, 11) is 0. The molecular formula is C17H27NO3. The van der Waals surface area contributed by atoms with Crippen LogP contribution >= 0.6 is 0 Å². The Bertz CT molecular complexity index is 426. The molecule has 1 aromatic rings. The number of aromatic carboxylic acids is 1. The van der Waals surface area contributed by atoms with E-state index in [1.807, 2.05) is 0 Å². The summed E-state index contributed by atoms with van der Waals surface area (Å²) >= 11 is 0. The first kappa shape index (κ1) is 17.5. The van der Waals surface area contributed by atoms with Gasteiger partial charge in [0.2, 0.25) is 0 Å². The average Bonchev–Trinajstić information content (AvgIpc) is 2.42. The van der Waals surface area contributed by atoms with E-state index in [0.717, 1.165) is 25.3 Å². The number of nitrogens with zero attached hydrogens (tertiary/aromatic N) is 1. The highest BCUT2D eigenvalue weighted by Crippen LogP contribution is 2.13. The molecule has 4 nitrogen and oxygen atoms in total. The van der Waals surface area contributed by atoms with Crippen molar-refractivity contribution in [2.45, 2.75) is 40.2 Å². The van der Waals surface area contributed by atoms with E-state index in [4.69, 9.17) is 9.84 Å². The van der Waals surface area contributed by atoms with Gasteiger partial charge in [0, 0.05) is 19.1 Å². The van der Waals surface area contributed by atoms with Crippen molar-refractivity contribution in [2.24, 2.45) is 5.92 Å². The Balaban J connectivity index is 2.34. The second-order valence-electron chi connectivity index (χ2n) is 6.01. The summed E-state index contributed by atoms with van der Waals surface area (Å²) in [6.45, 7) is 11.7. The highest BCUT2D eigenvalue weighted by Gasteiger charge is 2.10. The molecule has 0 spiro atoms. The third-order valence-electron chi connectivity index (χ3n) is 3.29. The Labute approximate surface area is 127 Å². The number of benzene rings is 1. The van der Waals surface area contributed by atoms with Gasteiger partial charge in [0.15, 0.2) is 0 Å². The zero-order chi connectivity index (χ0) is 15.8. The zero-order valence-electron chi connectivity index (χ0n) is 13.5. The van der Waals surface area contributed by atoms with Crippen LogP contribution in [0.1, 0.15) is 44.5 Å². The minimum Gasteiger partial charge on any atom is -0.494 e. The van der Waals surface area contributed by atoms with Crippen LogP contribution in [0.25, 0.3) is 0 Å². The summed E-state index contributed by atoms with van der Waals surface area (Å²) < 4.78 is 5.66. The molecule has 1 aromatic carbocycles. The van der Waals surface area contributed by atoms with Crippen LogP contribution in [0.3, 0.4) is 0 Å². The molecule has 0 unspecified atom stereocenters. The molecule has 0 aliphatic carbocycles. The molecule has 118 valence electrons. The lowest BCUT2D eigenvalue weighted by Crippen LogP contribution is -2.35. The lowest BCUT2D eigenvalue weighted by molar-refractivity contribution is 0.0697. The molecule has 0 aliphatic rings. The van der Waals surface area contributed by atoms with Gasteiger partial charge in [-0.1, -0.05) is 13.8 Å². The monoisotopic (exact) mass is 293 g/mol. The highest BCUT2D eigenvalue weighted by atomic mass is 16.5. The third kappa shape index (κ3) is 6.63. The Morgan fingerprint density at radius 3 is 2.29 bits per heavy atom. The van der Waals surface area contributed by atoms with Crippen LogP contribution in [-0.2, 0) is 0 Å². The van der Waals surface area contributed by atoms with Crippen molar-refractivity contribution in [1.82, 2.24) is 4.90 Å². The number of carboxylic acids is 1. The van der Waals surface area contributed by atoms with Gasteiger partial charge in [-0.05, 0) is 50.5 Å². The molecule has 0 saturated heterocycles. The van der Waals surface area contributed by atoms with Crippen molar-refractivity contribution in [3.63, 3.8) is 0 Å². The molecule has 0 amide bonds. The molecule has 0 atom stereocenters. The topological polar surface area (TPSA) is 49.8 Å². The molecule has 0 aliphatic heterocycles. The summed E-state index contributed by atoms with van der Waals surface area (Å²) in [5, 5.41) is 8.83. The van der Waals surface area contributed by atoms with Gasteiger partial charge in [-0.2, -0.15) is 0 Å². The van der Waals surface area contributed by atoms with E-state index in [1.54, 1.807) is 24.3 Å². The molecule has 21 heavy (non-hydrogen) atoms. The molecule has 1 rings (SSSR count). The SMILES string of the molecule is CC(C)CN(CCCOc1ccc(C(=O)O)cc1)C(C)C. The van der Waals surface area contributed by atoms with E-state index < -0.39 is 5.97 Å². The standard InChI is InChI=1S/C17H27NO3/c1-13(2)12-18(14(3)4)10-5-11-21-16-8-6-15(7-9-16)17(19)20/h6-9,13-14H,5,10-12H2,1-4H3,(H,19,20). The van der Waals surface area contributed by atoms with Crippen LogP contribution < -0.4 is 4.74 Å². The minimum atomic E-state index is -0.914. The summed E-state index contributed by atoms with van der Waals surface area (Å²) in [6.07, 6.45) is 0.964. The van der Waals surface area contributed by atoms with Gasteiger partial charge < -0.3 is 14.7 Å². The number of hydrogen-bond donors (Lipinski definition) is 1. The van der Waals surface area contributed by atoms with Crippen molar-refractivity contribution in [3.05, 3.63) is 29.8 Å². The van der Waals surface area contributed by atoms with Crippen molar-refractivity contribution in [1.29, 1.82) is 0 Å². The predicted octanol–water partition coefficient (Wildman–Crippen LogP) is 3.52. The van der Waals surface area contributed by atoms with Crippen molar-refractivity contribution < 1.29 is 14.6 Å². The number of hydrogen-bond acceptors (Lipinski definition) is 3. The number of carboxylic acid groups (broad SMARTS) is 1. The van der Waals surface area contributed by atoms with Crippen LogP contribution in [0, 0.1) is 5.92 Å². The van der Waals surface area contributed by atoms with Crippen LogP contribution in [0.15, 0.2) is 24.3 Å².